The number of hydrogen-bond acceptors (Lipinski definition) is 9. The summed E-state index contributed by atoms with van der Waals surface area (Å²) in [6.45, 7) is -0.0152. The Bertz CT molecular complexity index is 1290. The van der Waals surface area contributed by atoms with E-state index >= 15 is 0 Å². The van der Waals surface area contributed by atoms with Crippen molar-refractivity contribution < 1.29 is 14.0 Å². The van der Waals surface area contributed by atoms with Crippen molar-refractivity contribution in [2.45, 2.75) is 21.0 Å². The quantitative estimate of drug-likeness (QED) is 0.167. The molecule has 0 aliphatic carbocycles. The third-order valence-electron chi connectivity index (χ3n) is 4.78. The van der Waals surface area contributed by atoms with Crippen LogP contribution < -0.4 is 5.32 Å². The van der Waals surface area contributed by atoms with Crippen LogP contribution in [0.15, 0.2) is 86.9 Å². The van der Waals surface area contributed by atoms with Crippen LogP contribution in [0.2, 0.25) is 0 Å². The minimum atomic E-state index is -0.521. The molecule has 1 aromatic heterocycles. The fourth-order valence-corrected chi connectivity index (χ4v) is 5.64. The van der Waals surface area contributed by atoms with E-state index in [2.05, 4.69) is 20.7 Å². The smallest absolute Gasteiger partial charge is 0.249 e. The van der Waals surface area contributed by atoms with E-state index in [0.29, 0.717) is 22.0 Å². The van der Waals surface area contributed by atoms with E-state index < -0.39 is 4.58 Å². The molecule has 1 amide bonds. The number of nitrogens with zero attached hydrogens (tertiary/aromatic N) is 4. The molecule has 0 spiro atoms. The van der Waals surface area contributed by atoms with Gasteiger partial charge in [0.2, 0.25) is 5.91 Å². The van der Waals surface area contributed by atoms with Crippen molar-refractivity contribution in [3.8, 4) is 0 Å². The van der Waals surface area contributed by atoms with Crippen LogP contribution in [0.1, 0.15) is 11.3 Å². The van der Waals surface area contributed by atoms with Crippen LogP contribution in [0, 0.1) is 16.8 Å². The Morgan fingerprint density at radius 1 is 1.14 bits per heavy atom. The monoisotopic (exact) mass is 509 g/mol. The van der Waals surface area contributed by atoms with Gasteiger partial charge in [0.15, 0.2) is 18.2 Å². The summed E-state index contributed by atoms with van der Waals surface area (Å²) in [5, 5.41) is 19.4. The number of likely N-dealkylation sites (N-methyl/N-ethyl adjacent to an activating group) is 1. The molecule has 2 aromatic carbocycles. The van der Waals surface area contributed by atoms with Gasteiger partial charge in [-0.15, -0.1) is 0 Å². The summed E-state index contributed by atoms with van der Waals surface area (Å²) in [6.07, 6.45) is 0. The van der Waals surface area contributed by atoms with E-state index in [0.717, 1.165) is 9.90 Å². The zero-order valence-electron chi connectivity index (χ0n) is 18.4. The number of amidine groups is 1. The molecule has 2 heterocycles. The molecule has 0 radical (unpaired) electrons. The highest BCUT2D eigenvalue weighted by molar-refractivity contribution is 8.20. The topological polar surface area (TPSA) is 127 Å². The molecule has 1 unspecified atom stereocenters. The molecular formula is C23H20FN7O2S2. The second-order valence-electron chi connectivity index (χ2n) is 7.19. The van der Waals surface area contributed by atoms with Gasteiger partial charge in [-0.05, 0) is 24.3 Å². The molecule has 3 N–H and O–H groups in total. The van der Waals surface area contributed by atoms with E-state index in [1.807, 2.05) is 6.07 Å². The van der Waals surface area contributed by atoms with Gasteiger partial charge >= 0.3 is 0 Å². The van der Waals surface area contributed by atoms with Gasteiger partial charge in [0, 0.05) is 17.5 Å². The molecule has 1 aliphatic heterocycles. The van der Waals surface area contributed by atoms with E-state index in [9.17, 15) is 9.18 Å². The number of benzene rings is 2. The number of thioether (sulfide) groups is 2. The normalized spacial score (nSPS) is 14.7. The fourth-order valence-electron chi connectivity index (χ4n) is 3.06. The van der Waals surface area contributed by atoms with Crippen molar-refractivity contribution in [1.82, 2.24) is 9.99 Å². The van der Waals surface area contributed by atoms with Crippen molar-refractivity contribution in [3.63, 3.8) is 0 Å². The van der Waals surface area contributed by atoms with Crippen LogP contribution in [0.4, 0.5) is 10.2 Å². The van der Waals surface area contributed by atoms with Crippen molar-refractivity contribution in [1.29, 1.82) is 10.9 Å². The van der Waals surface area contributed by atoms with Gasteiger partial charge in [-0.2, -0.15) is 5.53 Å². The highest BCUT2D eigenvalue weighted by Crippen LogP contribution is 2.49. The van der Waals surface area contributed by atoms with Crippen molar-refractivity contribution >= 4 is 46.8 Å². The molecule has 1 atom stereocenters. The van der Waals surface area contributed by atoms with Crippen LogP contribution in [-0.2, 0) is 16.2 Å². The maximum Gasteiger partial charge on any atom is 0.249 e. The highest BCUT2D eigenvalue weighted by atomic mass is 32.2. The van der Waals surface area contributed by atoms with Crippen molar-refractivity contribution in [2.24, 2.45) is 10.4 Å². The predicted molar refractivity (Wildman–Crippen MR) is 133 cm³/mol. The summed E-state index contributed by atoms with van der Waals surface area (Å²) >= 11 is 2.48. The maximum atomic E-state index is 14.0. The lowest BCUT2D eigenvalue weighted by Crippen LogP contribution is -2.29. The Morgan fingerprint density at radius 2 is 1.91 bits per heavy atom. The number of nitrogens with one attached hydrogen (secondary N) is 3. The minimum absolute atomic E-state index is 0.0152. The Balaban J connectivity index is 1.41. The van der Waals surface area contributed by atoms with E-state index in [-0.39, 0.29) is 29.9 Å². The summed E-state index contributed by atoms with van der Waals surface area (Å²) in [7, 11) is 1.47. The van der Waals surface area contributed by atoms with Gasteiger partial charge in [-0.1, -0.05) is 76.4 Å². The molecule has 0 saturated carbocycles. The maximum absolute atomic E-state index is 14.0. The zero-order chi connectivity index (χ0) is 24.8. The van der Waals surface area contributed by atoms with Gasteiger partial charge < -0.3 is 10.2 Å². The number of rotatable bonds is 8. The molecule has 12 heteroatoms. The Labute approximate surface area is 209 Å². The third kappa shape index (κ3) is 5.84. The SMILES string of the molecule is CN(N=N)C(=N)/C(=N\OCc1cccc(NC(=O)C2Sc3cccc(F)c3S2)n1)c1ccccc1. The Hall–Kier alpha value is -3.77. The molecule has 1 aliphatic rings. The van der Waals surface area contributed by atoms with Gasteiger partial charge in [-0.3, -0.25) is 10.2 Å². The number of aromatic nitrogens is 1. The average molecular weight is 510 g/mol. The van der Waals surface area contributed by atoms with Gasteiger partial charge in [0.25, 0.3) is 0 Å². The lowest BCUT2D eigenvalue weighted by Gasteiger charge is -2.14. The standard InChI is InChI=1S/C23H20FN7O2S2/c1-31(30-26)21(25)19(14-7-3-2-4-8-14)29-33-13-15-9-5-12-18(27-15)28-22(32)23-34-17-11-6-10-16(24)20(17)35-23/h2-12,23,25-26H,13H2,1H3,(H,27,28,32)/b25-21?,29-19-,30-26?. The molecule has 0 saturated heterocycles. The van der Waals surface area contributed by atoms with Gasteiger partial charge in [-0.25, -0.2) is 14.4 Å². The average Bonchev–Trinajstić information content (AvgIpc) is 3.33. The largest absolute Gasteiger partial charge is 0.389 e. The van der Waals surface area contributed by atoms with E-state index in [1.54, 1.807) is 54.6 Å². The Morgan fingerprint density at radius 3 is 2.66 bits per heavy atom. The Kier molecular flexibility index (Phi) is 7.73. The summed E-state index contributed by atoms with van der Waals surface area (Å²) in [5.41, 5.74) is 8.48. The van der Waals surface area contributed by atoms with Crippen LogP contribution in [-0.4, -0.2) is 39.1 Å². The number of anilines is 1. The highest BCUT2D eigenvalue weighted by Gasteiger charge is 2.31. The molecule has 0 bridgehead atoms. The molecule has 4 rings (SSSR count). The predicted octanol–water partition coefficient (Wildman–Crippen LogP) is 5.16. The van der Waals surface area contributed by atoms with Crippen LogP contribution in [0.3, 0.4) is 0 Å². The molecule has 178 valence electrons. The number of hydrogen-bond donors (Lipinski definition) is 3. The minimum Gasteiger partial charge on any atom is -0.389 e. The first-order valence-corrected chi connectivity index (χ1v) is 12.1. The van der Waals surface area contributed by atoms with E-state index in [4.69, 9.17) is 15.8 Å². The summed E-state index contributed by atoms with van der Waals surface area (Å²) < 4.78 is 13.5. The second kappa shape index (κ2) is 11.1. The number of oxime groups is 1. The first-order chi connectivity index (χ1) is 17.0. The lowest BCUT2D eigenvalue weighted by molar-refractivity contribution is -0.114. The molecule has 0 fully saturated rings. The first kappa shape index (κ1) is 24.4. The molecule has 35 heavy (non-hydrogen) atoms. The van der Waals surface area contributed by atoms with Crippen molar-refractivity contribution in [3.05, 3.63) is 83.8 Å². The number of carbonyl (C=O) groups excluding carboxylic acids is 1. The molecule has 9 nitrogen and oxygen atoms in total. The van der Waals surface area contributed by atoms with E-state index in [1.165, 1.54) is 36.6 Å². The molecular weight excluding hydrogens is 489 g/mol. The second-order valence-corrected chi connectivity index (χ2v) is 9.75. The zero-order valence-corrected chi connectivity index (χ0v) is 20.1. The first-order valence-electron chi connectivity index (χ1n) is 10.3. The van der Waals surface area contributed by atoms with Crippen LogP contribution >= 0.6 is 23.5 Å². The van der Waals surface area contributed by atoms with Crippen molar-refractivity contribution in [2.75, 3.05) is 12.4 Å². The number of halogens is 1. The van der Waals surface area contributed by atoms with Crippen LogP contribution in [0.25, 0.3) is 0 Å². The summed E-state index contributed by atoms with van der Waals surface area (Å²) in [5.74, 6) is -0.398. The van der Waals surface area contributed by atoms with Crippen LogP contribution in [0.5, 0.6) is 0 Å². The fraction of sp³-hybridized carbons (Fsp3) is 0.130. The molecule has 3 aromatic rings. The number of fused-ring (bicyclic) bond motifs is 1. The summed E-state index contributed by atoms with van der Waals surface area (Å²) in [4.78, 5) is 23.8. The lowest BCUT2D eigenvalue weighted by atomic mass is 10.1. The number of carbonyl (C=O) groups is 1. The third-order valence-corrected chi connectivity index (χ3v) is 7.58. The van der Waals surface area contributed by atoms with Gasteiger partial charge in [0.05, 0.1) is 10.6 Å². The number of amides is 1. The number of pyridine rings is 1. The van der Waals surface area contributed by atoms with Gasteiger partial charge in [0.1, 0.15) is 16.2 Å². The summed E-state index contributed by atoms with van der Waals surface area (Å²) in [6, 6.07) is 18.9.